The van der Waals surface area contributed by atoms with E-state index in [1.807, 2.05) is 12.1 Å². The van der Waals surface area contributed by atoms with E-state index < -0.39 is 0 Å². The molecule has 1 saturated carbocycles. The second kappa shape index (κ2) is 4.51. The molecule has 1 saturated heterocycles. The zero-order valence-electron chi connectivity index (χ0n) is 9.29. The van der Waals surface area contributed by atoms with Gasteiger partial charge >= 0.3 is 0 Å². The second-order valence-corrected chi connectivity index (χ2v) is 5.58. The van der Waals surface area contributed by atoms with E-state index in [-0.39, 0.29) is 0 Å². The Labute approximate surface area is 104 Å². The molecule has 1 atom stereocenters. The van der Waals surface area contributed by atoms with Gasteiger partial charge in [0.25, 0.3) is 0 Å². The van der Waals surface area contributed by atoms with Crippen LogP contribution in [0.4, 0.5) is 0 Å². The number of likely N-dealkylation sites (tertiary alicyclic amines) is 1. The van der Waals surface area contributed by atoms with Crippen molar-refractivity contribution in [1.29, 1.82) is 0 Å². The largest absolute Gasteiger partial charge is 0.453 e. The third-order valence-corrected chi connectivity index (χ3v) is 3.90. The lowest BCUT2D eigenvalue weighted by atomic mass is 10.2. The molecule has 3 nitrogen and oxygen atoms in total. The Morgan fingerprint density at radius 3 is 2.94 bits per heavy atom. The average molecular weight is 285 g/mol. The molecule has 1 aliphatic heterocycles. The number of hydrogen-bond acceptors (Lipinski definition) is 3. The van der Waals surface area contributed by atoms with Crippen molar-refractivity contribution in [2.75, 3.05) is 13.1 Å². The van der Waals surface area contributed by atoms with Crippen molar-refractivity contribution >= 4 is 15.9 Å². The molecule has 0 radical (unpaired) electrons. The van der Waals surface area contributed by atoms with Crippen LogP contribution in [0.25, 0.3) is 0 Å². The van der Waals surface area contributed by atoms with Crippen LogP contribution < -0.4 is 5.32 Å². The quantitative estimate of drug-likeness (QED) is 0.920. The lowest BCUT2D eigenvalue weighted by Gasteiger charge is -2.15. The zero-order chi connectivity index (χ0) is 11.0. The number of nitrogens with zero attached hydrogens (tertiary/aromatic N) is 1. The number of nitrogens with one attached hydrogen (secondary N) is 1. The Morgan fingerprint density at radius 1 is 1.38 bits per heavy atom. The summed E-state index contributed by atoms with van der Waals surface area (Å²) in [4.78, 5) is 2.62. The summed E-state index contributed by atoms with van der Waals surface area (Å²) in [6.45, 7) is 3.32. The van der Waals surface area contributed by atoms with E-state index in [0.717, 1.165) is 23.0 Å². The van der Waals surface area contributed by atoms with Crippen molar-refractivity contribution in [3.05, 3.63) is 22.6 Å². The minimum Gasteiger partial charge on any atom is -0.453 e. The van der Waals surface area contributed by atoms with E-state index >= 15 is 0 Å². The van der Waals surface area contributed by atoms with E-state index in [4.69, 9.17) is 4.42 Å². The highest BCUT2D eigenvalue weighted by atomic mass is 79.9. The molecule has 1 aliphatic carbocycles. The SMILES string of the molecule is Brc1ccc(CNC2CCN(C3CC3)C2)o1. The summed E-state index contributed by atoms with van der Waals surface area (Å²) in [6, 6.07) is 5.52. The standard InChI is InChI=1S/C12H17BrN2O/c13-12-4-3-11(16-12)7-14-9-5-6-15(8-9)10-1-2-10/h3-4,9-10,14H,1-2,5-8H2. The van der Waals surface area contributed by atoms with Gasteiger partial charge in [0, 0.05) is 25.2 Å². The lowest BCUT2D eigenvalue weighted by Crippen LogP contribution is -2.32. The highest BCUT2D eigenvalue weighted by molar-refractivity contribution is 9.10. The predicted octanol–water partition coefficient (Wildman–Crippen LogP) is 2.37. The van der Waals surface area contributed by atoms with Crippen LogP contribution >= 0.6 is 15.9 Å². The fourth-order valence-electron chi connectivity index (χ4n) is 2.42. The summed E-state index contributed by atoms with van der Waals surface area (Å²) in [7, 11) is 0. The minimum absolute atomic E-state index is 0.643. The summed E-state index contributed by atoms with van der Waals surface area (Å²) < 4.78 is 6.29. The molecule has 0 bridgehead atoms. The fourth-order valence-corrected chi connectivity index (χ4v) is 2.76. The molecule has 2 aliphatic rings. The highest BCUT2D eigenvalue weighted by Crippen LogP contribution is 2.29. The maximum atomic E-state index is 5.47. The van der Waals surface area contributed by atoms with E-state index in [1.54, 1.807) is 0 Å². The van der Waals surface area contributed by atoms with Gasteiger partial charge in [-0.3, -0.25) is 4.90 Å². The molecule has 2 heterocycles. The molecule has 1 unspecified atom stereocenters. The number of hydrogen-bond donors (Lipinski definition) is 1. The summed E-state index contributed by atoms with van der Waals surface area (Å²) >= 11 is 3.32. The molecule has 0 spiro atoms. The smallest absolute Gasteiger partial charge is 0.169 e. The summed E-state index contributed by atoms with van der Waals surface area (Å²) in [6.07, 6.45) is 4.11. The monoisotopic (exact) mass is 284 g/mol. The van der Waals surface area contributed by atoms with Crippen LogP contribution in [0, 0.1) is 0 Å². The Balaban J connectivity index is 1.45. The number of halogens is 1. The Bertz CT molecular complexity index is 362. The highest BCUT2D eigenvalue weighted by Gasteiger charge is 2.34. The molecule has 0 aromatic carbocycles. The normalized spacial score (nSPS) is 26.4. The van der Waals surface area contributed by atoms with Gasteiger partial charge in [-0.05, 0) is 47.3 Å². The third-order valence-electron chi connectivity index (χ3n) is 3.48. The Hall–Kier alpha value is -0.320. The van der Waals surface area contributed by atoms with Crippen LogP contribution in [0.15, 0.2) is 21.2 Å². The Kier molecular flexibility index (Phi) is 3.05. The van der Waals surface area contributed by atoms with Crippen LogP contribution in [0.1, 0.15) is 25.0 Å². The van der Waals surface area contributed by atoms with Gasteiger partial charge in [0.2, 0.25) is 0 Å². The first-order valence-corrected chi connectivity index (χ1v) is 6.82. The maximum Gasteiger partial charge on any atom is 0.169 e. The first-order valence-electron chi connectivity index (χ1n) is 6.03. The fraction of sp³-hybridized carbons (Fsp3) is 0.667. The topological polar surface area (TPSA) is 28.4 Å². The lowest BCUT2D eigenvalue weighted by molar-refractivity contribution is 0.315. The number of rotatable bonds is 4. The van der Waals surface area contributed by atoms with Crippen molar-refractivity contribution < 1.29 is 4.42 Å². The van der Waals surface area contributed by atoms with Crippen molar-refractivity contribution in [3.63, 3.8) is 0 Å². The van der Waals surface area contributed by atoms with Gasteiger partial charge in [0.15, 0.2) is 4.67 Å². The molecular formula is C12H17BrN2O. The van der Waals surface area contributed by atoms with Gasteiger partial charge in [-0.1, -0.05) is 0 Å². The van der Waals surface area contributed by atoms with Crippen LogP contribution in [-0.4, -0.2) is 30.1 Å². The van der Waals surface area contributed by atoms with Gasteiger partial charge in [0.05, 0.1) is 6.54 Å². The molecule has 1 aromatic rings. The van der Waals surface area contributed by atoms with Crippen LogP contribution in [0.5, 0.6) is 0 Å². The molecule has 3 rings (SSSR count). The van der Waals surface area contributed by atoms with Crippen molar-refractivity contribution in [2.45, 2.75) is 37.9 Å². The van der Waals surface area contributed by atoms with E-state index in [2.05, 4.69) is 26.1 Å². The predicted molar refractivity (Wildman–Crippen MR) is 66.2 cm³/mol. The molecule has 2 fully saturated rings. The Morgan fingerprint density at radius 2 is 2.25 bits per heavy atom. The molecule has 0 amide bonds. The van der Waals surface area contributed by atoms with Gasteiger partial charge in [-0.25, -0.2) is 0 Å². The summed E-state index contributed by atoms with van der Waals surface area (Å²) in [5.74, 6) is 1.01. The van der Waals surface area contributed by atoms with Gasteiger partial charge in [-0.15, -0.1) is 0 Å². The van der Waals surface area contributed by atoms with Crippen LogP contribution in [0.3, 0.4) is 0 Å². The molecule has 88 valence electrons. The van der Waals surface area contributed by atoms with Crippen LogP contribution in [0.2, 0.25) is 0 Å². The zero-order valence-corrected chi connectivity index (χ0v) is 10.9. The third kappa shape index (κ3) is 2.50. The van der Waals surface area contributed by atoms with Gasteiger partial charge < -0.3 is 9.73 Å². The molecule has 4 heteroatoms. The molecule has 16 heavy (non-hydrogen) atoms. The molecular weight excluding hydrogens is 268 g/mol. The first-order chi connectivity index (χ1) is 7.81. The minimum atomic E-state index is 0.643. The maximum absolute atomic E-state index is 5.47. The van der Waals surface area contributed by atoms with E-state index in [0.29, 0.717) is 6.04 Å². The van der Waals surface area contributed by atoms with Gasteiger partial charge in [0.1, 0.15) is 5.76 Å². The molecule has 1 N–H and O–H groups in total. The van der Waals surface area contributed by atoms with E-state index in [1.165, 1.54) is 32.4 Å². The van der Waals surface area contributed by atoms with Gasteiger partial charge in [-0.2, -0.15) is 0 Å². The average Bonchev–Trinajstić information content (AvgIpc) is 2.87. The number of furan rings is 1. The summed E-state index contributed by atoms with van der Waals surface area (Å²) in [5.41, 5.74) is 0. The second-order valence-electron chi connectivity index (χ2n) is 4.80. The van der Waals surface area contributed by atoms with Crippen molar-refractivity contribution in [2.24, 2.45) is 0 Å². The first kappa shape index (κ1) is 10.8. The summed E-state index contributed by atoms with van der Waals surface area (Å²) in [5, 5.41) is 3.57. The van der Waals surface area contributed by atoms with Crippen LogP contribution in [-0.2, 0) is 6.54 Å². The van der Waals surface area contributed by atoms with Crippen molar-refractivity contribution in [1.82, 2.24) is 10.2 Å². The molecule has 1 aromatic heterocycles. The van der Waals surface area contributed by atoms with Crippen molar-refractivity contribution in [3.8, 4) is 0 Å². The van der Waals surface area contributed by atoms with E-state index in [9.17, 15) is 0 Å².